The summed E-state index contributed by atoms with van der Waals surface area (Å²) in [4.78, 5) is 1.40. The highest BCUT2D eigenvalue weighted by molar-refractivity contribution is 5.99. The monoisotopic (exact) mass is 330 g/mol. The fourth-order valence-corrected chi connectivity index (χ4v) is 2.46. The van der Waals surface area contributed by atoms with Gasteiger partial charge in [-0.3, -0.25) is 5.43 Å². The Morgan fingerprint density at radius 3 is 2.42 bits per heavy atom. The maximum absolute atomic E-state index is 12.9. The zero-order chi connectivity index (χ0) is 17.5. The molecule has 5 heteroatoms. The molecule has 0 fully saturated rings. The van der Waals surface area contributed by atoms with Gasteiger partial charge < -0.3 is 10.0 Å². The lowest BCUT2D eigenvalue weighted by Gasteiger charge is -2.16. The van der Waals surface area contributed by atoms with E-state index in [1.807, 2.05) is 19.1 Å². The third-order valence-corrected chi connectivity index (χ3v) is 4.13. The molecular weight excluding hydrogens is 305 g/mol. The third kappa shape index (κ3) is 4.80. The second kappa shape index (κ2) is 8.45. The minimum absolute atomic E-state index is 0.275. The van der Waals surface area contributed by atoms with Crippen LogP contribution in [0.15, 0.2) is 47.6 Å². The number of phenols is 1. The van der Waals surface area contributed by atoms with Gasteiger partial charge in [0.25, 0.3) is 0 Å². The summed E-state index contributed by atoms with van der Waals surface area (Å²) in [5, 5.41) is 14.4. The van der Waals surface area contributed by atoms with Crippen LogP contribution in [0.25, 0.3) is 0 Å². The Morgan fingerprint density at radius 1 is 1.12 bits per heavy atom. The maximum atomic E-state index is 12.9. The molecule has 0 atom stereocenters. The minimum atomic E-state index is -0.275. The molecule has 0 amide bonds. The fraction of sp³-hybridized carbons (Fsp3) is 0.316. The zero-order valence-electron chi connectivity index (χ0n) is 14.4. The number of halogens is 1. The molecule has 2 aromatic rings. The highest BCUT2D eigenvalue weighted by Crippen LogP contribution is 2.18. The smallest absolute Gasteiger partial charge is 0.124 e. The van der Waals surface area contributed by atoms with Crippen molar-refractivity contribution in [2.45, 2.75) is 27.3 Å². The molecule has 2 rings (SSSR count). The lowest BCUT2D eigenvalue weighted by molar-refractivity contribution is -0.910. The van der Waals surface area contributed by atoms with E-state index in [2.05, 4.69) is 24.4 Å². The molecule has 0 bridgehead atoms. The number of hydrogen-bond acceptors (Lipinski definition) is 3. The van der Waals surface area contributed by atoms with Gasteiger partial charge in [-0.05, 0) is 68.8 Å². The van der Waals surface area contributed by atoms with Crippen LogP contribution in [-0.4, -0.2) is 23.9 Å². The molecule has 2 aromatic carbocycles. The number of hydrazone groups is 1. The number of hydrogen-bond donors (Lipinski definition) is 3. The van der Waals surface area contributed by atoms with Crippen molar-refractivity contribution in [3.63, 3.8) is 0 Å². The minimum Gasteiger partial charge on any atom is -0.507 e. The first-order valence-electron chi connectivity index (χ1n) is 8.25. The maximum Gasteiger partial charge on any atom is 0.124 e. The number of rotatable bonds is 7. The Bertz CT molecular complexity index is 694. The number of benzene rings is 2. The number of nitrogens with one attached hydrogen (secondary N) is 2. The van der Waals surface area contributed by atoms with Crippen molar-refractivity contribution in [1.82, 2.24) is 0 Å². The molecule has 0 spiro atoms. The quantitative estimate of drug-likeness (QED) is 0.540. The highest BCUT2D eigenvalue weighted by Gasteiger charge is 2.11. The van der Waals surface area contributed by atoms with Gasteiger partial charge in [-0.2, -0.15) is 5.10 Å². The van der Waals surface area contributed by atoms with Gasteiger partial charge in [0, 0.05) is 5.56 Å². The molecule has 24 heavy (non-hydrogen) atoms. The summed E-state index contributed by atoms with van der Waals surface area (Å²) < 4.78 is 12.9. The molecule has 0 aliphatic heterocycles. The summed E-state index contributed by atoms with van der Waals surface area (Å²) in [6.45, 7) is 8.99. The normalized spacial score (nSPS) is 11.8. The Labute approximate surface area is 142 Å². The molecule has 0 aliphatic rings. The number of aromatic hydroxyl groups is 1. The van der Waals surface area contributed by atoms with Crippen LogP contribution in [0.5, 0.6) is 5.75 Å². The molecule has 0 radical (unpaired) electrons. The zero-order valence-corrected chi connectivity index (χ0v) is 14.4. The van der Waals surface area contributed by atoms with Crippen molar-refractivity contribution >= 4 is 11.4 Å². The van der Waals surface area contributed by atoms with Crippen LogP contribution in [0.2, 0.25) is 0 Å². The summed E-state index contributed by atoms with van der Waals surface area (Å²) in [6, 6.07) is 11.6. The molecule has 0 saturated heterocycles. The van der Waals surface area contributed by atoms with Crippen LogP contribution < -0.4 is 10.3 Å². The summed E-state index contributed by atoms with van der Waals surface area (Å²) >= 11 is 0. The topological polar surface area (TPSA) is 49.1 Å². The van der Waals surface area contributed by atoms with E-state index in [9.17, 15) is 9.50 Å². The number of anilines is 1. The molecule has 0 aromatic heterocycles. The second-order valence-corrected chi connectivity index (χ2v) is 5.79. The summed E-state index contributed by atoms with van der Waals surface area (Å²) in [6.07, 6.45) is 0. The summed E-state index contributed by atoms with van der Waals surface area (Å²) in [5.74, 6) is 0.0424. The molecule has 3 N–H and O–H groups in total. The van der Waals surface area contributed by atoms with Gasteiger partial charge in [0.15, 0.2) is 0 Å². The molecular formula is C19H25FN3O+. The molecule has 0 heterocycles. The van der Waals surface area contributed by atoms with E-state index in [1.165, 1.54) is 17.0 Å². The number of phenolic OH excluding ortho intramolecular Hbond substituents is 1. The van der Waals surface area contributed by atoms with E-state index < -0.39 is 0 Å². The van der Waals surface area contributed by atoms with Crippen molar-refractivity contribution in [1.29, 1.82) is 0 Å². The van der Waals surface area contributed by atoms with Crippen molar-refractivity contribution in [3.8, 4) is 5.75 Å². The first kappa shape index (κ1) is 17.9. The SMILES string of the molecule is CC[NH+](CC)Cc1cc(/C(C)=N/Nc2ccc(F)cc2)ccc1O. The van der Waals surface area contributed by atoms with Gasteiger partial charge in [-0.1, -0.05) is 0 Å². The van der Waals surface area contributed by atoms with Crippen LogP contribution in [0.4, 0.5) is 10.1 Å². The van der Waals surface area contributed by atoms with Crippen molar-refractivity contribution < 1.29 is 14.4 Å². The van der Waals surface area contributed by atoms with Crippen LogP contribution in [0.1, 0.15) is 31.9 Å². The predicted molar refractivity (Wildman–Crippen MR) is 96.1 cm³/mol. The van der Waals surface area contributed by atoms with E-state index in [4.69, 9.17) is 0 Å². The van der Waals surface area contributed by atoms with E-state index in [1.54, 1.807) is 18.2 Å². The van der Waals surface area contributed by atoms with E-state index >= 15 is 0 Å². The highest BCUT2D eigenvalue weighted by atomic mass is 19.1. The molecule has 4 nitrogen and oxygen atoms in total. The van der Waals surface area contributed by atoms with Gasteiger partial charge in [0.1, 0.15) is 18.1 Å². The molecule has 128 valence electrons. The Balaban J connectivity index is 2.15. The first-order valence-corrected chi connectivity index (χ1v) is 8.25. The Morgan fingerprint density at radius 2 is 1.79 bits per heavy atom. The summed E-state index contributed by atoms with van der Waals surface area (Å²) in [7, 11) is 0. The number of nitrogens with zero attached hydrogens (tertiary/aromatic N) is 1. The van der Waals surface area contributed by atoms with Gasteiger partial charge in [0.05, 0.1) is 24.5 Å². The standard InChI is InChI=1S/C19H24FN3O/c1-4-23(5-2)13-16-12-15(6-11-19(16)24)14(3)21-22-18-9-7-17(20)8-10-18/h6-12,22,24H,4-5,13H2,1-3H3/p+1/b21-14+. The Kier molecular flexibility index (Phi) is 6.32. The fourth-order valence-electron chi connectivity index (χ4n) is 2.46. The van der Waals surface area contributed by atoms with Crippen LogP contribution in [0.3, 0.4) is 0 Å². The first-order chi connectivity index (χ1) is 11.5. The molecule has 0 aliphatic carbocycles. The van der Waals surface area contributed by atoms with Crippen molar-refractivity contribution in [2.24, 2.45) is 5.10 Å². The molecule has 0 unspecified atom stereocenters. The summed E-state index contributed by atoms with van der Waals surface area (Å²) in [5.41, 5.74) is 6.31. The third-order valence-electron chi connectivity index (χ3n) is 4.13. The van der Waals surface area contributed by atoms with Crippen LogP contribution in [-0.2, 0) is 6.54 Å². The lowest BCUT2D eigenvalue weighted by atomic mass is 10.1. The average Bonchev–Trinajstić information content (AvgIpc) is 2.60. The average molecular weight is 330 g/mol. The number of quaternary nitrogens is 1. The predicted octanol–water partition coefficient (Wildman–Crippen LogP) is 2.79. The van der Waals surface area contributed by atoms with Crippen molar-refractivity contribution in [2.75, 3.05) is 18.5 Å². The van der Waals surface area contributed by atoms with Crippen LogP contribution in [0, 0.1) is 5.82 Å². The Hall–Kier alpha value is -2.40. The van der Waals surface area contributed by atoms with E-state index in [0.717, 1.165) is 42.2 Å². The largest absolute Gasteiger partial charge is 0.507 e. The van der Waals surface area contributed by atoms with Gasteiger partial charge in [0.2, 0.25) is 0 Å². The van der Waals surface area contributed by atoms with Gasteiger partial charge in [-0.15, -0.1) is 0 Å². The van der Waals surface area contributed by atoms with E-state index in [-0.39, 0.29) is 5.82 Å². The van der Waals surface area contributed by atoms with Crippen molar-refractivity contribution in [3.05, 3.63) is 59.4 Å². The molecule has 0 saturated carbocycles. The van der Waals surface area contributed by atoms with Gasteiger partial charge in [-0.25, -0.2) is 4.39 Å². The van der Waals surface area contributed by atoms with Gasteiger partial charge >= 0.3 is 0 Å². The lowest BCUT2D eigenvalue weighted by Crippen LogP contribution is -3.10. The second-order valence-electron chi connectivity index (χ2n) is 5.79. The van der Waals surface area contributed by atoms with E-state index in [0.29, 0.717) is 5.75 Å². The van der Waals surface area contributed by atoms with Crippen LogP contribution >= 0.6 is 0 Å².